The molecular formula is C35H41N3O4. The van der Waals surface area contributed by atoms with E-state index in [-0.39, 0.29) is 24.3 Å². The molecule has 1 saturated carbocycles. The highest BCUT2D eigenvalue weighted by molar-refractivity contribution is 5.92. The van der Waals surface area contributed by atoms with Crippen molar-refractivity contribution in [3.8, 4) is 11.5 Å². The van der Waals surface area contributed by atoms with Gasteiger partial charge in [-0.1, -0.05) is 67.8 Å². The summed E-state index contributed by atoms with van der Waals surface area (Å²) in [7, 11) is 3.17. The second-order valence-electron chi connectivity index (χ2n) is 11.2. The lowest BCUT2D eigenvalue weighted by Crippen LogP contribution is -2.48. The van der Waals surface area contributed by atoms with Crippen molar-refractivity contribution < 1.29 is 19.1 Å². The lowest BCUT2D eigenvalue weighted by Gasteiger charge is -2.34. The zero-order valence-corrected chi connectivity index (χ0v) is 24.8. The number of hydrogen-bond donors (Lipinski definition) is 2. The van der Waals surface area contributed by atoms with E-state index in [1.54, 1.807) is 25.2 Å². The molecule has 0 unspecified atom stereocenters. The average molecular weight is 568 g/mol. The maximum Gasteiger partial charge on any atom is 0.247 e. The van der Waals surface area contributed by atoms with E-state index < -0.39 is 6.04 Å². The number of aryl methyl sites for hydroxylation is 1. The van der Waals surface area contributed by atoms with Gasteiger partial charge in [-0.3, -0.25) is 9.59 Å². The average Bonchev–Trinajstić information content (AvgIpc) is 3.42. The minimum Gasteiger partial charge on any atom is -0.493 e. The first-order valence-corrected chi connectivity index (χ1v) is 14.9. The van der Waals surface area contributed by atoms with Gasteiger partial charge in [0.05, 0.1) is 20.6 Å². The number of nitrogens with zero attached hydrogens (tertiary/aromatic N) is 1. The molecule has 2 amide bonds. The molecule has 7 nitrogen and oxygen atoms in total. The fraction of sp³-hybridized carbons (Fsp3) is 0.371. The van der Waals surface area contributed by atoms with E-state index >= 15 is 0 Å². The number of fused-ring (bicyclic) bond motifs is 1. The molecule has 1 aromatic heterocycles. The number of aromatic nitrogens is 1. The van der Waals surface area contributed by atoms with Crippen LogP contribution in [0.4, 0.5) is 0 Å². The molecule has 3 aromatic carbocycles. The number of amides is 2. The summed E-state index contributed by atoms with van der Waals surface area (Å²) in [5.74, 6) is 0.829. The summed E-state index contributed by atoms with van der Waals surface area (Å²) in [6, 6.07) is 21.0. The van der Waals surface area contributed by atoms with Crippen molar-refractivity contribution in [2.45, 2.75) is 64.0 Å². The smallest absolute Gasteiger partial charge is 0.247 e. The first kappa shape index (κ1) is 29.2. The fourth-order valence-electron chi connectivity index (χ4n) is 6.09. The van der Waals surface area contributed by atoms with E-state index in [0.717, 1.165) is 53.3 Å². The molecule has 220 valence electrons. The molecule has 4 aromatic rings. The topological polar surface area (TPSA) is 83.7 Å². The third-order valence-electron chi connectivity index (χ3n) is 8.46. The number of H-pyrrole nitrogens is 1. The number of hydrogen-bond acceptors (Lipinski definition) is 4. The van der Waals surface area contributed by atoms with Gasteiger partial charge in [0.25, 0.3) is 0 Å². The summed E-state index contributed by atoms with van der Waals surface area (Å²) in [6.45, 7) is 2.47. The summed E-state index contributed by atoms with van der Waals surface area (Å²) >= 11 is 0. The molecular weight excluding hydrogens is 526 g/mol. The number of nitrogens with one attached hydrogen (secondary N) is 2. The van der Waals surface area contributed by atoms with Gasteiger partial charge in [0.2, 0.25) is 11.8 Å². The predicted molar refractivity (Wildman–Crippen MR) is 166 cm³/mol. The monoisotopic (exact) mass is 567 g/mol. The highest BCUT2D eigenvalue weighted by atomic mass is 16.5. The Hall–Kier alpha value is -4.26. The highest BCUT2D eigenvalue weighted by Gasteiger charge is 2.34. The van der Waals surface area contributed by atoms with E-state index in [9.17, 15) is 9.59 Å². The maximum absolute atomic E-state index is 14.3. The number of methoxy groups -OCH3 is 2. The Morgan fingerprint density at radius 2 is 1.67 bits per heavy atom. The molecule has 1 fully saturated rings. The van der Waals surface area contributed by atoms with Crippen LogP contribution in [0, 0.1) is 6.92 Å². The quantitative estimate of drug-likeness (QED) is 0.223. The number of carbonyl (C=O) groups is 2. The van der Waals surface area contributed by atoms with Crippen LogP contribution in [0.25, 0.3) is 10.9 Å². The van der Waals surface area contributed by atoms with Crippen LogP contribution in [0.1, 0.15) is 60.4 Å². The molecule has 42 heavy (non-hydrogen) atoms. The molecule has 0 aliphatic heterocycles. The van der Waals surface area contributed by atoms with Gasteiger partial charge in [0.1, 0.15) is 6.04 Å². The number of benzene rings is 3. The van der Waals surface area contributed by atoms with Crippen LogP contribution >= 0.6 is 0 Å². The molecule has 0 radical (unpaired) electrons. The van der Waals surface area contributed by atoms with E-state index in [0.29, 0.717) is 30.0 Å². The first-order chi connectivity index (χ1) is 20.5. The number of para-hydroxylation sites is 1. The number of ether oxygens (including phenoxy) is 2. The Balaban J connectivity index is 1.53. The van der Waals surface area contributed by atoms with Crippen LogP contribution in [-0.2, 0) is 22.4 Å². The van der Waals surface area contributed by atoms with Gasteiger partial charge in [0, 0.05) is 29.7 Å². The third-order valence-corrected chi connectivity index (χ3v) is 8.46. The Morgan fingerprint density at radius 1 is 0.929 bits per heavy atom. The zero-order valence-electron chi connectivity index (χ0n) is 24.8. The Kier molecular flexibility index (Phi) is 9.47. The lowest BCUT2D eigenvalue weighted by molar-refractivity contribution is -0.140. The van der Waals surface area contributed by atoms with Crippen LogP contribution in [0.2, 0.25) is 0 Å². The number of carbonyl (C=O) groups excluding carboxylic acids is 2. The largest absolute Gasteiger partial charge is 0.493 e. The maximum atomic E-state index is 14.3. The van der Waals surface area contributed by atoms with E-state index in [2.05, 4.69) is 29.4 Å². The minimum absolute atomic E-state index is 0.105. The summed E-state index contributed by atoms with van der Waals surface area (Å²) in [5, 5.41) is 4.32. The molecule has 7 heteroatoms. The summed E-state index contributed by atoms with van der Waals surface area (Å²) < 4.78 is 11.1. The SMILES string of the molecule is COc1ccc([C@@H](C(=O)NC2CCCCC2)N(CCc2ccccc2C)C(=O)Cc2c[nH]c3ccccc23)cc1OC. The van der Waals surface area contributed by atoms with Crippen LogP contribution in [0.15, 0.2) is 72.9 Å². The van der Waals surface area contributed by atoms with E-state index in [1.165, 1.54) is 6.42 Å². The second kappa shape index (κ2) is 13.6. The predicted octanol–water partition coefficient (Wildman–Crippen LogP) is 6.30. The summed E-state index contributed by atoms with van der Waals surface area (Å²) in [5.41, 5.74) is 4.91. The van der Waals surface area contributed by atoms with Crippen LogP contribution in [0.5, 0.6) is 11.5 Å². The van der Waals surface area contributed by atoms with Gasteiger partial charge in [-0.05, 0) is 66.6 Å². The number of aromatic amines is 1. The van der Waals surface area contributed by atoms with E-state index in [4.69, 9.17) is 9.47 Å². The van der Waals surface area contributed by atoms with Crippen molar-refractivity contribution in [2.75, 3.05) is 20.8 Å². The molecule has 0 saturated heterocycles. The van der Waals surface area contributed by atoms with Gasteiger partial charge < -0.3 is 24.7 Å². The summed E-state index contributed by atoms with van der Waals surface area (Å²) in [4.78, 5) is 33.6. The van der Waals surface area contributed by atoms with Crippen LogP contribution in [0.3, 0.4) is 0 Å². The standard InChI is InChI=1S/C35H41N3O4/c1-24-11-7-8-12-25(24)19-20-38(33(39)22-27-23-36-30-16-10-9-15-29(27)30)34(35(40)37-28-13-5-4-6-14-28)26-17-18-31(41-2)32(21-26)42-3/h7-12,15-18,21,23,28,34,36H,4-6,13-14,19-20,22H2,1-3H3,(H,37,40)/t34-/m0/s1. The molecule has 1 aliphatic rings. The van der Waals surface area contributed by atoms with Crippen LogP contribution < -0.4 is 14.8 Å². The zero-order chi connectivity index (χ0) is 29.5. The van der Waals surface area contributed by atoms with Gasteiger partial charge in [0.15, 0.2) is 11.5 Å². The Morgan fingerprint density at radius 3 is 2.43 bits per heavy atom. The van der Waals surface area contributed by atoms with Crippen LogP contribution in [-0.4, -0.2) is 48.5 Å². The Bertz CT molecular complexity index is 1520. The van der Waals surface area contributed by atoms with Gasteiger partial charge >= 0.3 is 0 Å². The van der Waals surface area contributed by atoms with Gasteiger partial charge in [-0.25, -0.2) is 0 Å². The third kappa shape index (κ3) is 6.62. The van der Waals surface area contributed by atoms with Crippen molar-refractivity contribution in [1.29, 1.82) is 0 Å². The Labute approximate surface area is 248 Å². The van der Waals surface area contributed by atoms with Gasteiger partial charge in [-0.15, -0.1) is 0 Å². The normalized spacial score (nSPS) is 14.4. The van der Waals surface area contributed by atoms with E-state index in [1.807, 2.05) is 54.7 Å². The van der Waals surface area contributed by atoms with Crippen molar-refractivity contribution in [3.05, 3.63) is 95.2 Å². The highest BCUT2D eigenvalue weighted by Crippen LogP contribution is 2.33. The van der Waals surface area contributed by atoms with Gasteiger partial charge in [-0.2, -0.15) is 0 Å². The number of rotatable bonds is 11. The first-order valence-electron chi connectivity index (χ1n) is 14.9. The van der Waals surface area contributed by atoms with Crippen molar-refractivity contribution in [2.24, 2.45) is 0 Å². The lowest BCUT2D eigenvalue weighted by atomic mass is 9.94. The van der Waals surface area contributed by atoms with Crippen molar-refractivity contribution in [3.63, 3.8) is 0 Å². The molecule has 1 aliphatic carbocycles. The molecule has 2 N–H and O–H groups in total. The molecule has 5 rings (SSSR count). The minimum atomic E-state index is -0.826. The molecule has 0 spiro atoms. The van der Waals surface area contributed by atoms with Crippen molar-refractivity contribution >= 4 is 22.7 Å². The fourth-order valence-corrected chi connectivity index (χ4v) is 6.09. The molecule has 1 atom stereocenters. The van der Waals surface area contributed by atoms with Crippen molar-refractivity contribution in [1.82, 2.24) is 15.2 Å². The second-order valence-corrected chi connectivity index (χ2v) is 11.2. The summed E-state index contributed by atoms with van der Waals surface area (Å²) in [6.07, 6.45) is 8.01. The molecule has 1 heterocycles. The molecule has 0 bridgehead atoms.